The number of aliphatic carboxylic acids is 1. The van der Waals surface area contributed by atoms with Gasteiger partial charge in [-0.3, -0.25) is 0 Å². The van der Waals surface area contributed by atoms with Crippen molar-refractivity contribution >= 4 is 12.1 Å². The van der Waals surface area contributed by atoms with Crippen molar-refractivity contribution in [3.05, 3.63) is 60.2 Å². The zero-order valence-corrected chi connectivity index (χ0v) is 11.7. The molecule has 0 saturated heterocycles. The summed E-state index contributed by atoms with van der Waals surface area (Å²) in [6.07, 6.45) is 3.64. The highest BCUT2D eigenvalue weighted by molar-refractivity contribution is 5.80. The highest BCUT2D eigenvalue weighted by atomic mass is 16.5. The Morgan fingerprint density at radius 1 is 1.14 bits per heavy atom. The maximum absolute atomic E-state index is 11.7. The van der Waals surface area contributed by atoms with Crippen LogP contribution in [0.3, 0.4) is 0 Å². The van der Waals surface area contributed by atoms with Crippen LogP contribution in [0, 0.1) is 0 Å². The summed E-state index contributed by atoms with van der Waals surface area (Å²) in [5.41, 5.74) is 1.43. The van der Waals surface area contributed by atoms with E-state index in [-0.39, 0.29) is 13.0 Å². The number of carbonyl (C=O) groups excluding carboxylic acids is 1. The molecular formula is C15H15N3O4. The van der Waals surface area contributed by atoms with E-state index in [0.717, 1.165) is 5.56 Å². The van der Waals surface area contributed by atoms with Gasteiger partial charge in [0, 0.05) is 18.8 Å². The SMILES string of the molecule is O=C(N[C@@H](Cc1cncnc1)C(=O)O)OCc1ccccc1. The van der Waals surface area contributed by atoms with Crippen LogP contribution in [-0.2, 0) is 22.6 Å². The van der Waals surface area contributed by atoms with Crippen molar-refractivity contribution in [2.45, 2.75) is 19.1 Å². The van der Waals surface area contributed by atoms with E-state index in [0.29, 0.717) is 5.56 Å². The molecule has 1 amide bonds. The van der Waals surface area contributed by atoms with E-state index in [9.17, 15) is 9.59 Å². The van der Waals surface area contributed by atoms with Gasteiger partial charge >= 0.3 is 12.1 Å². The van der Waals surface area contributed by atoms with Gasteiger partial charge in [0.05, 0.1) is 0 Å². The zero-order chi connectivity index (χ0) is 15.8. The van der Waals surface area contributed by atoms with Crippen molar-refractivity contribution in [2.24, 2.45) is 0 Å². The van der Waals surface area contributed by atoms with Gasteiger partial charge in [-0.25, -0.2) is 19.6 Å². The Morgan fingerprint density at radius 2 is 1.82 bits per heavy atom. The van der Waals surface area contributed by atoms with Crippen molar-refractivity contribution in [1.29, 1.82) is 0 Å². The number of nitrogens with one attached hydrogen (secondary N) is 1. The largest absolute Gasteiger partial charge is 0.480 e. The zero-order valence-electron chi connectivity index (χ0n) is 11.7. The average molecular weight is 301 g/mol. The molecule has 0 radical (unpaired) electrons. The topological polar surface area (TPSA) is 101 Å². The number of carboxylic acids is 1. The molecule has 1 aromatic carbocycles. The van der Waals surface area contributed by atoms with E-state index in [1.165, 1.54) is 18.7 Å². The van der Waals surface area contributed by atoms with Gasteiger partial charge in [0.25, 0.3) is 0 Å². The number of ether oxygens (including phenoxy) is 1. The number of alkyl carbamates (subject to hydrolysis) is 1. The van der Waals surface area contributed by atoms with Gasteiger partial charge in [0.15, 0.2) is 0 Å². The first kappa shape index (κ1) is 15.4. The summed E-state index contributed by atoms with van der Waals surface area (Å²) in [4.78, 5) is 30.5. The number of carbonyl (C=O) groups is 2. The first-order valence-corrected chi connectivity index (χ1v) is 6.59. The van der Waals surface area contributed by atoms with E-state index in [1.54, 1.807) is 0 Å². The maximum atomic E-state index is 11.7. The van der Waals surface area contributed by atoms with Gasteiger partial charge in [0.1, 0.15) is 19.0 Å². The maximum Gasteiger partial charge on any atom is 0.408 e. The molecule has 0 saturated carbocycles. The third kappa shape index (κ3) is 4.86. The van der Waals surface area contributed by atoms with Crippen LogP contribution in [0.2, 0.25) is 0 Å². The fraction of sp³-hybridized carbons (Fsp3) is 0.200. The molecule has 0 spiro atoms. The minimum Gasteiger partial charge on any atom is -0.480 e. The van der Waals surface area contributed by atoms with Gasteiger partial charge < -0.3 is 15.2 Å². The predicted molar refractivity (Wildman–Crippen MR) is 76.9 cm³/mol. The molecule has 0 aliphatic carbocycles. The van der Waals surface area contributed by atoms with Gasteiger partial charge in [-0.1, -0.05) is 30.3 Å². The van der Waals surface area contributed by atoms with Crippen LogP contribution in [0.15, 0.2) is 49.1 Å². The smallest absolute Gasteiger partial charge is 0.408 e. The van der Waals surface area contributed by atoms with Crippen molar-refractivity contribution < 1.29 is 19.4 Å². The van der Waals surface area contributed by atoms with Crippen LogP contribution in [0.5, 0.6) is 0 Å². The summed E-state index contributed by atoms with van der Waals surface area (Å²) in [7, 11) is 0. The molecule has 0 fully saturated rings. The predicted octanol–water partition coefficient (Wildman–Crippen LogP) is 1.40. The molecule has 22 heavy (non-hydrogen) atoms. The van der Waals surface area contributed by atoms with Crippen LogP contribution in [0.1, 0.15) is 11.1 Å². The van der Waals surface area contributed by atoms with Crippen molar-refractivity contribution in [1.82, 2.24) is 15.3 Å². The highest BCUT2D eigenvalue weighted by Crippen LogP contribution is 2.03. The van der Waals surface area contributed by atoms with E-state index >= 15 is 0 Å². The Kier molecular flexibility index (Phi) is 5.42. The van der Waals surface area contributed by atoms with E-state index in [2.05, 4.69) is 15.3 Å². The average Bonchev–Trinajstić information content (AvgIpc) is 2.54. The summed E-state index contributed by atoms with van der Waals surface area (Å²) < 4.78 is 5.00. The fourth-order valence-corrected chi connectivity index (χ4v) is 1.78. The molecule has 2 N–H and O–H groups in total. The van der Waals surface area contributed by atoms with Gasteiger partial charge in [-0.2, -0.15) is 0 Å². The lowest BCUT2D eigenvalue weighted by Gasteiger charge is -2.14. The lowest BCUT2D eigenvalue weighted by Crippen LogP contribution is -2.42. The summed E-state index contributed by atoms with van der Waals surface area (Å²) in [5, 5.41) is 11.5. The van der Waals surface area contributed by atoms with E-state index in [4.69, 9.17) is 9.84 Å². The van der Waals surface area contributed by atoms with Crippen molar-refractivity contribution in [3.8, 4) is 0 Å². The third-order valence-corrected chi connectivity index (χ3v) is 2.86. The molecule has 7 nitrogen and oxygen atoms in total. The lowest BCUT2D eigenvalue weighted by atomic mass is 10.1. The molecule has 0 unspecified atom stereocenters. The monoisotopic (exact) mass is 301 g/mol. The van der Waals surface area contributed by atoms with Crippen LogP contribution < -0.4 is 5.32 Å². The number of rotatable bonds is 6. The number of hydrogen-bond acceptors (Lipinski definition) is 5. The van der Waals surface area contributed by atoms with Crippen LogP contribution in [0.4, 0.5) is 4.79 Å². The van der Waals surface area contributed by atoms with Crippen molar-refractivity contribution in [2.75, 3.05) is 0 Å². The molecule has 7 heteroatoms. The number of amides is 1. The summed E-state index contributed by atoms with van der Waals surface area (Å²) in [6, 6.07) is 8.02. The van der Waals surface area contributed by atoms with E-state index < -0.39 is 18.1 Å². The molecular weight excluding hydrogens is 286 g/mol. The number of hydrogen-bond donors (Lipinski definition) is 2. The molecule has 2 rings (SSSR count). The molecule has 1 aromatic heterocycles. The second-order valence-corrected chi connectivity index (χ2v) is 4.55. The van der Waals surface area contributed by atoms with E-state index in [1.807, 2.05) is 30.3 Å². The molecule has 2 aromatic rings. The number of nitrogens with zero attached hydrogens (tertiary/aromatic N) is 2. The standard InChI is InChI=1S/C15H15N3O4/c19-14(20)13(6-12-7-16-10-17-8-12)18-15(21)22-9-11-4-2-1-3-5-11/h1-5,7-8,10,13H,6,9H2,(H,18,21)(H,19,20)/t13-/m0/s1. The normalized spacial score (nSPS) is 11.5. The minimum absolute atomic E-state index is 0.0768. The number of aromatic nitrogens is 2. The molecule has 114 valence electrons. The Balaban J connectivity index is 1.88. The second kappa shape index (κ2) is 7.72. The first-order valence-electron chi connectivity index (χ1n) is 6.59. The van der Waals surface area contributed by atoms with Crippen LogP contribution in [-0.4, -0.2) is 33.2 Å². The highest BCUT2D eigenvalue weighted by Gasteiger charge is 2.21. The lowest BCUT2D eigenvalue weighted by molar-refractivity contribution is -0.139. The minimum atomic E-state index is -1.15. The van der Waals surface area contributed by atoms with Crippen molar-refractivity contribution in [3.63, 3.8) is 0 Å². The Morgan fingerprint density at radius 3 is 2.45 bits per heavy atom. The van der Waals surface area contributed by atoms with Crippen LogP contribution in [0.25, 0.3) is 0 Å². The quantitative estimate of drug-likeness (QED) is 0.836. The van der Waals surface area contributed by atoms with Crippen LogP contribution >= 0.6 is 0 Å². The molecule has 1 atom stereocenters. The molecule has 0 aliphatic heterocycles. The summed E-state index contributed by atoms with van der Waals surface area (Å²) in [6.45, 7) is 0.0768. The Labute approximate surface area is 127 Å². The molecule has 0 bridgehead atoms. The molecule has 0 aliphatic rings. The Hall–Kier alpha value is -2.96. The third-order valence-electron chi connectivity index (χ3n) is 2.86. The molecule has 1 heterocycles. The Bertz CT molecular complexity index is 619. The fourth-order valence-electron chi connectivity index (χ4n) is 1.78. The summed E-state index contributed by atoms with van der Waals surface area (Å²) >= 11 is 0. The van der Waals surface area contributed by atoms with Gasteiger partial charge in [-0.05, 0) is 11.1 Å². The summed E-state index contributed by atoms with van der Waals surface area (Å²) in [5.74, 6) is -1.15. The first-order chi connectivity index (χ1) is 10.6. The number of carboxylic acid groups (broad SMARTS) is 1. The van der Waals surface area contributed by atoms with Gasteiger partial charge in [-0.15, -0.1) is 0 Å². The van der Waals surface area contributed by atoms with Gasteiger partial charge in [0.2, 0.25) is 0 Å². The number of benzene rings is 1. The second-order valence-electron chi connectivity index (χ2n) is 4.55.